The molecule has 3 aliphatic rings. The largest absolute Gasteiger partial charge is 0.490 e. The van der Waals surface area contributed by atoms with Gasteiger partial charge in [-0.1, -0.05) is 70.2 Å². The van der Waals surface area contributed by atoms with Gasteiger partial charge in [-0.2, -0.15) is 0 Å². The van der Waals surface area contributed by atoms with Gasteiger partial charge < -0.3 is 15.0 Å². The third-order valence-electron chi connectivity index (χ3n) is 8.22. The Hall–Kier alpha value is -2.34. The van der Waals surface area contributed by atoms with Gasteiger partial charge in [0, 0.05) is 26.2 Å². The Bertz CT molecular complexity index is 854. The molecule has 2 amide bonds. The number of likely N-dealkylation sites (tertiary alicyclic amines) is 1. The molecule has 0 aromatic heterocycles. The van der Waals surface area contributed by atoms with E-state index < -0.39 is 5.54 Å². The highest BCUT2D eigenvalue weighted by Gasteiger charge is 2.53. The Morgan fingerprint density at radius 3 is 2.49 bits per heavy atom. The summed E-state index contributed by atoms with van der Waals surface area (Å²) in [5.74, 6) is 1.65. The van der Waals surface area contributed by atoms with Crippen LogP contribution in [0.1, 0.15) is 76.7 Å². The first-order valence-corrected chi connectivity index (χ1v) is 13.7. The maximum Gasteiger partial charge on any atom is 0.246 e. The zero-order valence-corrected chi connectivity index (χ0v) is 21.5. The van der Waals surface area contributed by atoms with Crippen LogP contribution in [-0.4, -0.2) is 59.4 Å². The lowest BCUT2D eigenvalue weighted by molar-refractivity contribution is -0.162. The fourth-order valence-corrected chi connectivity index (χ4v) is 6.11. The van der Waals surface area contributed by atoms with E-state index in [2.05, 4.69) is 35.9 Å². The lowest BCUT2D eigenvalue weighted by Gasteiger charge is -2.52. The van der Waals surface area contributed by atoms with Crippen LogP contribution in [0.25, 0.3) is 0 Å². The molecule has 0 radical (unpaired) electrons. The van der Waals surface area contributed by atoms with Crippen LogP contribution < -0.4 is 10.1 Å². The number of nitrogens with zero attached hydrogens (tertiary/aromatic N) is 2. The fourth-order valence-electron chi connectivity index (χ4n) is 6.11. The van der Waals surface area contributed by atoms with Gasteiger partial charge in [0.15, 0.2) is 0 Å². The Balaban J connectivity index is 1.39. The van der Waals surface area contributed by atoms with E-state index in [1.165, 1.54) is 37.7 Å². The molecule has 0 unspecified atom stereocenters. The van der Waals surface area contributed by atoms with Gasteiger partial charge in [0.1, 0.15) is 23.9 Å². The summed E-state index contributed by atoms with van der Waals surface area (Å²) in [5.41, 5.74) is 0.542. The normalized spacial score (nSPS) is 23.3. The number of carbonyl (C=O) groups is 2. The van der Waals surface area contributed by atoms with Gasteiger partial charge >= 0.3 is 0 Å². The molecule has 1 spiro atoms. The van der Waals surface area contributed by atoms with Crippen molar-refractivity contribution in [3.63, 3.8) is 0 Å². The average molecular weight is 482 g/mol. The van der Waals surface area contributed by atoms with Crippen LogP contribution in [0.2, 0.25) is 0 Å². The second-order valence-electron chi connectivity index (χ2n) is 10.7. The molecule has 3 fully saturated rings. The second-order valence-corrected chi connectivity index (χ2v) is 10.7. The molecule has 1 aromatic carbocycles. The molecule has 6 nitrogen and oxygen atoms in total. The summed E-state index contributed by atoms with van der Waals surface area (Å²) in [4.78, 5) is 31.7. The van der Waals surface area contributed by atoms with Gasteiger partial charge in [-0.3, -0.25) is 14.5 Å². The minimum Gasteiger partial charge on any atom is -0.490 e. The van der Waals surface area contributed by atoms with Crippen molar-refractivity contribution in [1.82, 2.24) is 15.1 Å². The molecule has 1 aliphatic carbocycles. The summed E-state index contributed by atoms with van der Waals surface area (Å²) in [6.45, 7) is 9.49. The molecule has 1 atom stereocenters. The number of ether oxygens (including phenoxy) is 1. The van der Waals surface area contributed by atoms with Gasteiger partial charge in [-0.15, -0.1) is 0 Å². The number of carbonyl (C=O) groups excluding carboxylic acids is 2. The fraction of sp³-hybridized carbons (Fsp3) is 0.655. The highest BCUT2D eigenvalue weighted by molar-refractivity contribution is 6.00. The average Bonchev–Trinajstić information content (AvgIpc) is 2.89. The van der Waals surface area contributed by atoms with Crippen molar-refractivity contribution in [2.24, 2.45) is 5.92 Å². The van der Waals surface area contributed by atoms with Crippen LogP contribution >= 0.6 is 0 Å². The molecule has 1 aromatic rings. The molecule has 0 bridgehead atoms. The van der Waals surface area contributed by atoms with E-state index in [0.29, 0.717) is 31.9 Å². The van der Waals surface area contributed by atoms with Crippen molar-refractivity contribution in [3.05, 3.63) is 42.5 Å². The first kappa shape index (κ1) is 25.7. The summed E-state index contributed by atoms with van der Waals surface area (Å²) in [5, 5.41) is 3.20. The summed E-state index contributed by atoms with van der Waals surface area (Å²) >= 11 is 0. The van der Waals surface area contributed by atoms with Crippen molar-refractivity contribution < 1.29 is 14.3 Å². The number of unbranched alkanes of at least 4 members (excludes halogenated alkanes) is 1. The quantitative estimate of drug-likeness (QED) is 0.493. The number of nitrogens with one attached hydrogen (secondary N) is 1. The van der Waals surface area contributed by atoms with E-state index >= 15 is 0 Å². The van der Waals surface area contributed by atoms with Crippen LogP contribution in [0.15, 0.2) is 36.9 Å². The maximum absolute atomic E-state index is 13.7. The SMILES string of the molecule is C=CCOc1ccc(CN2CCC3(CC2)C(=O)N[C@@H](CC2CCCCC2)C(=O)N3CCCC)cc1. The van der Waals surface area contributed by atoms with E-state index in [4.69, 9.17) is 4.74 Å². The Kier molecular flexibility index (Phi) is 8.88. The molecule has 35 heavy (non-hydrogen) atoms. The second kappa shape index (κ2) is 12.1. The van der Waals surface area contributed by atoms with Crippen LogP contribution in [0, 0.1) is 5.92 Å². The number of amides is 2. The Morgan fingerprint density at radius 1 is 1.11 bits per heavy atom. The highest BCUT2D eigenvalue weighted by atomic mass is 16.5. The van der Waals surface area contributed by atoms with E-state index in [-0.39, 0.29) is 17.9 Å². The topological polar surface area (TPSA) is 61.9 Å². The molecule has 2 saturated heterocycles. The summed E-state index contributed by atoms with van der Waals surface area (Å²) in [7, 11) is 0. The number of benzene rings is 1. The molecule has 192 valence electrons. The number of hydrogen-bond acceptors (Lipinski definition) is 4. The van der Waals surface area contributed by atoms with Gasteiger partial charge in [0.05, 0.1) is 0 Å². The number of rotatable bonds is 10. The minimum atomic E-state index is -0.686. The van der Waals surface area contributed by atoms with Gasteiger partial charge in [-0.25, -0.2) is 0 Å². The zero-order chi connectivity index (χ0) is 24.7. The third kappa shape index (κ3) is 6.08. The molecule has 6 heteroatoms. The van der Waals surface area contributed by atoms with Crippen molar-refractivity contribution >= 4 is 11.8 Å². The summed E-state index contributed by atoms with van der Waals surface area (Å²) in [6.07, 6.45) is 12.1. The lowest BCUT2D eigenvalue weighted by Crippen LogP contribution is -2.73. The summed E-state index contributed by atoms with van der Waals surface area (Å²) < 4.78 is 5.58. The Morgan fingerprint density at radius 2 is 1.83 bits per heavy atom. The molecule has 1 N–H and O–H groups in total. The first-order valence-electron chi connectivity index (χ1n) is 13.7. The standard InChI is InChI=1S/C29H43N3O3/c1-3-5-17-32-27(33)26(21-23-9-7-6-8-10-23)30-28(34)29(32)15-18-31(19-16-29)22-24-11-13-25(14-12-24)35-20-4-2/h4,11-14,23,26H,2-3,5-10,15-22H2,1H3,(H,30,34)/t26-/m0/s1. The molecule has 4 rings (SSSR count). The van der Waals surface area contributed by atoms with Crippen molar-refractivity contribution in [3.8, 4) is 5.75 Å². The van der Waals surface area contributed by atoms with Crippen LogP contribution in [0.5, 0.6) is 5.75 Å². The summed E-state index contributed by atoms with van der Waals surface area (Å²) in [6, 6.07) is 7.85. The minimum absolute atomic E-state index is 0.0809. The zero-order valence-electron chi connectivity index (χ0n) is 21.5. The predicted octanol–water partition coefficient (Wildman–Crippen LogP) is 4.68. The molecular weight excluding hydrogens is 438 g/mol. The van der Waals surface area contributed by atoms with Crippen LogP contribution in [0.4, 0.5) is 0 Å². The molecule has 1 saturated carbocycles. The molecular formula is C29H43N3O3. The van der Waals surface area contributed by atoms with Crippen LogP contribution in [-0.2, 0) is 16.1 Å². The van der Waals surface area contributed by atoms with E-state index in [1.807, 2.05) is 17.0 Å². The first-order chi connectivity index (χ1) is 17.1. The van der Waals surface area contributed by atoms with E-state index in [1.54, 1.807) is 6.08 Å². The van der Waals surface area contributed by atoms with Gasteiger partial charge in [0.25, 0.3) is 0 Å². The van der Waals surface area contributed by atoms with Crippen molar-refractivity contribution in [2.45, 2.75) is 89.3 Å². The molecule has 2 heterocycles. The number of hydrogen-bond donors (Lipinski definition) is 1. The smallest absolute Gasteiger partial charge is 0.246 e. The van der Waals surface area contributed by atoms with Gasteiger partial charge in [-0.05, 0) is 49.3 Å². The van der Waals surface area contributed by atoms with E-state index in [9.17, 15) is 9.59 Å². The van der Waals surface area contributed by atoms with Crippen LogP contribution in [0.3, 0.4) is 0 Å². The van der Waals surface area contributed by atoms with Crippen molar-refractivity contribution in [2.75, 3.05) is 26.2 Å². The predicted molar refractivity (Wildman–Crippen MR) is 139 cm³/mol. The Labute approximate surface area is 211 Å². The monoisotopic (exact) mass is 481 g/mol. The number of piperazine rings is 1. The van der Waals surface area contributed by atoms with Gasteiger partial charge in [0.2, 0.25) is 11.8 Å². The molecule has 2 aliphatic heterocycles. The maximum atomic E-state index is 13.7. The number of piperidine rings is 1. The third-order valence-corrected chi connectivity index (χ3v) is 8.22. The van der Waals surface area contributed by atoms with E-state index in [0.717, 1.165) is 44.6 Å². The van der Waals surface area contributed by atoms with Crippen molar-refractivity contribution in [1.29, 1.82) is 0 Å². The lowest BCUT2D eigenvalue weighted by atomic mass is 9.79. The highest BCUT2D eigenvalue weighted by Crippen LogP contribution is 2.36.